The predicted molar refractivity (Wildman–Crippen MR) is 118 cm³/mol. The fourth-order valence-corrected chi connectivity index (χ4v) is 4.09. The highest BCUT2D eigenvalue weighted by molar-refractivity contribution is 5.80. The SMILES string of the molecule is C#CC(Nc1ncnc(CC(=O)NC2(C(F)F)CC2)c1C1OCCO1)c1cccc(C(F)(F)F)c1C. The molecule has 1 atom stereocenters. The molecule has 1 saturated carbocycles. The molecule has 2 heterocycles. The van der Waals surface area contributed by atoms with Crippen molar-refractivity contribution in [3.8, 4) is 12.3 Å². The van der Waals surface area contributed by atoms with E-state index in [1.165, 1.54) is 19.1 Å². The van der Waals surface area contributed by atoms with Crippen molar-refractivity contribution >= 4 is 11.7 Å². The van der Waals surface area contributed by atoms with Gasteiger partial charge in [0.2, 0.25) is 5.91 Å². The number of amides is 1. The minimum Gasteiger partial charge on any atom is -0.352 e. The molecule has 192 valence electrons. The number of benzene rings is 1. The van der Waals surface area contributed by atoms with Crippen molar-refractivity contribution in [1.29, 1.82) is 0 Å². The van der Waals surface area contributed by atoms with Gasteiger partial charge in [0.05, 0.1) is 36.5 Å². The highest BCUT2D eigenvalue weighted by Gasteiger charge is 2.52. The van der Waals surface area contributed by atoms with Gasteiger partial charge >= 0.3 is 6.18 Å². The fraction of sp³-hybridized carbons (Fsp3) is 0.458. The summed E-state index contributed by atoms with van der Waals surface area (Å²) in [5, 5.41) is 5.30. The molecule has 0 bridgehead atoms. The van der Waals surface area contributed by atoms with Crippen LogP contribution in [0.25, 0.3) is 0 Å². The smallest absolute Gasteiger partial charge is 0.352 e. The summed E-state index contributed by atoms with van der Waals surface area (Å²) in [6, 6.07) is 2.66. The molecule has 1 aliphatic heterocycles. The summed E-state index contributed by atoms with van der Waals surface area (Å²) in [5.74, 6) is 1.86. The normalized spacial score (nSPS) is 18.1. The minimum absolute atomic E-state index is 0.0502. The van der Waals surface area contributed by atoms with Crippen molar-refractivity contribution in [3.63, 3.8) is 0 Å². The van der Waals surface area contributed by atoms with E-state index in [0.717, 1.165) is 12.4 Å². The number of hydrogen-bond donors (Lipinski definition) is 2. The Bertz CT molecular complexity index is 1170. The van der Waals surface area contributed by atoms with E-state index in [2.05, 4.69) is 26.5 Å². The molecule has 2 aliphatic rings. The lowest BCUT2D eigenvalue weighted by molar-refractivity contribution is -0.138. The summed E-state index contributed by atoms with van der Waals surface area (Å²) in [6.45, 7) is 1.80. The van der Waals surface area contributed by atoms with Gasteiger partial charge in [0.25, 0.3) is 6.43 Å². The number of rotatable bonds is 8. The second kappa shape index (κ2) is 9.99. The van der Waals surface area contributed by atoms with Crippen LogP contribution in [0.3, 0.4) is 0 Å². The quantitative estimate of drug-likeness (QED) is 0.411. The number of halogens is 5. The van der Waals surface area contributed by atoms with Crippen LogP contribution in [0.15, 0.2) is 24.5 Å². The van der Waals surface area contributed by atoms with Gasteiger partial charge < -0.3 is 20.1 Å². The van der Waals surface area contributed by atoms with Crippen LogP contribution < -0.4 is 10.6 Å². The van der Waals surface area contributed by atoms with E-state index in [-0.39, 0.29) is 60.7 Å². The van der Waals surface area contributed by atoms with Crippen LogP contribution in [0, 0.1) is 19.3 Å². The molecule has 1 aliphatic carbocycles. The minimum atomic E-state index is -4.57. The Morgan fingerprint density at radius 2 is 1.94 bits per heavy atom. The van der Waals surface area contributed by atoms with Crippen molar-refractivity contribution < 1.29 is 36.2 Å². The van der Waals surface area contributed by atoms with Crippen LogP contribution in [0.4, 0.5) is 27.8 Å². The maximum atomic E-state index is 13.4. The lowest BCUT2D eigenvalue weighted by atomic mass is 9.96. The van der Waals surface area contributed by atoms with Crippen LogP contribution in [0.1, 0.15) is 53.1 Å². The van der Waals surface area contributed by atoms with Crippen molar-refractivity contribution in [3.05, 3.63) is 52.5 Å². The van der Waals surface area contributed by atoms with Gasteiger partial charge in [-0.3, -0.25) is 4.79 Å². The third kappa shape index (κ3) is 5.27. The number of hydrogen-bond acceptors (Lipinski definition) is 6. The molecule has 7 nitrogen and oxygen atoms in total. The highest BCUT2D eigenvalue weighted by Crippen LogP contribution is 2.41. The zero-order valence-electron chi connectivity index (χ0n) is 19.2. The summed E-state index contributed by atoms with van der Waals surface area (Å²) >= 11 is 0. The number of carbonyl (C=O) groups is 1. The van der Waals surface area contributed by atoms with Crippen molar-refractivity contribution in [2.75, 3.05) is 18.5 Å². The van der Waals surface area contributed by atoms with Crippen molar-refractivity contribution in [2.24, 2.45) is 0 Å². The molecule has 2 fully saturated rings. The van der Waals surface area contributed by atoms with Crippen LogP contribution in [0.5, 0.6) is 0 Å². The standard InChI is InChI=1S/C24H23F5N4O3/c1-3-16(14-5-4-6-15(13(14)2)24(27,28)29)32-20-19(21-35-9-10-36-21)17(30-12-31-20)11-18(34)33-23(7-8-23)22(25)26/h1,4-6,12,16,21-22H,7-11H2,2H3,(H,33,34)(H,30,31,32). The monoisotopic (exact) mass is 510 g/mol. The van der Waals surface area contributed by atoms with E-state index in [9.17, 15) is 26.7 Å². The molecular weight excluding hydrogens is 487 g/mol. The van der Waals surface area contributed by atoms with Crippen molar-refractivity contribution in [2.45, 2.75) is 56.7 Å². The number of carbonyl (C=O) groups excluding carboxylic acids is 1. The second-order valence-electron chi connectivity index (χ2n) is 8.60. The molecule has 0 radical (unpaired) electrons. The lowest BCUT2D eigenvalue weighted by Crippen LogP contribution is -2.43. The number of anilines is 1. The summed E-state index contributed by atoms with van der Waals surface area (Å²) in [7, 11) is 0. The van der Waals surface area contributed by atoms with Gasteiger partial charge in [-0.05, 0) is 37.0 Å². The Hall–Kier alpha value is -3.30. The first kappa shape index (κ1) is 25.8. The zero-order valence-corrected chi connectivity index (χ0v) is 19.2. The third-order valence-electron chi connectivity index (χ3n) is 6.19. The van der Waals surface area contributed by atoms with Gasteiger partial charge in [0, 0.05) is 0 Å². The predicted octanol–water partition coefficient (Wildman–Crippen LogP) is 4.09. The average Bonchev–Trinajstić information content (AvgIpc) is 3.39. The molecule has 1 aromatic carbocycles. The number of aromatic nitrogens is 2. The van der Waals surface area contributed by atoms with Gasteiger partial charge in [-0.2, -0.15) is 13.2 Å². The van der Waals surface area contributed by atoms with E-state index in [0.29, 0.717) is 0 Å². The molecule has 12 heteroatoms. The molecular formula is C24H23F5N4O3. The maximum Gasteiger partial charge on any atom is 0.416 e. The van der Waals surface area contributed by atoms with Crippen LogP contribution in [-0.4, -0.2) is 41.1 Å². The first-order valence-electron chi connectivity index (χ1n) is 11.1. The summed E-state index contributed by atoms with van der Waals surface area (Å²) in [5.41, 5.74) is -1.82. The van der Waals surface area contributed by atoms with E-state index < -0.39 is 41.9 Å². The molecule has 1 unspecified atom stereocenters. The summed E-state index contributed by atoms with van der Waals surface area (Å²) < 4.78 is 77.9. The summed E-state index contributed by atoms with van der Waals surface area (Å²) in [4.78, 5) is 20.9. The molecule has 1 aromatic heterocycles. The molecule has 36 heavy (non-hydrogen) atoms. The van der Waals surface area contributed by atoms with Gasteiger partial charge in [-0.1, -0.05) is 18.1 Å². The van der Waals surface area contributed by atoms with Gasteiger partial charge in [0.1, 0.15) is 23.7 Å². The fourth-order valence-electron chi connectivity index (χ4n) is 4.09. The van der Waals surface area contributed by atoms with Crippen LogP contribution in [-0.2, 0) is 26.9 Å². The number of alkyl halides is 5. The van der Waals surface area contributed by atoms with Gasteiger partial charge in [0.15, 0.2) is 6.29 Å². The number of ether oxygens (including phenoxy) is 2. The van der Waals surface area contributed by atoms with Gasteiger partial charge in [-0.25, -0.2) is 18.7 Å². The largest absolute Gasteiger partial charge is 0.416 e. The first-order valence-corrected chi connectivity index (χ1v) is 11.1. The molecule has 1 saturated heterocycles. The Kier molecular flexibility index (Phi) is 7.15. The highest BCUT2D eigenvalue weighted by atomic mass is 19.4. The van der Waals surface area contributed by atoms with Crippen LogP contribution in [0.2, 0.25) is 0 Å². The van der Waals surface area contributed by atoms with Crippen molar-refractivity contribution in [1.82, 2.24) is 15.3 Å². The van der Waals surface area contributed by atoms with E-state index in [1.54, 1.807) is 0 Å². The summed E-state index contributed by atoms with van der Waals surface area (Å²) in [6.07, 6.45) is -1.46. The number of nitrogens with one attached hydrogen (secondary N) is 2. The molecule has 2 aromatic rings. The number of nitrogens with zero attached hydrogens (tertiary/aromatic N) is 2. The first-order chi connectivity index (χ1) is 17.1. The molecule has 4 rings (SSSR count). The zero-order chi connectivity index (χ0) is 26.1. The Morgan fingerprint density at radius 3 is 2.53 bits per heavy atom. The topological polar surface area (TPSA) is 85.4 Å². The lowest BCUT2D eigenvalue weighted by Gasteiger charge is -2.23. The maximum absolute atomic E-state index is 13.4. The average molecular weight is 510 g/mol. The Balaban J connectivity index is 1.65. The Labute approximate surface area is 203 Å². The van der Waals surface area contributed by atoms with E-state index in [1.807, 2.05) is 0 Å². The van der Waals surface area contributed by atoms with E-state index in [4.69, 9.17) is 15.9 Å². The third-order valence-corrected chi connectivity index (χ3v) is 6.19. The van der Waals surface area contributed by atoms with Crippen LogP contribution >= 0.6 is 0 Å². The molecule has 2 N–H and O–H groups in total. The van der Waals surface area contributed by atoms with E-state index >= 15 is 0 Å². The second-order valence-corrected chi connectivity index (χ2v) is 8.60. The Morgan fingerprint density at radius 1 is 1.25 bits per heavy atom. The van der Waals surface area contributed by atoms with Gasteiger partial charge in [-0.15, -0.1) is 6.42 Å². The molecule has 0 spiro atoms. The number of terminal acetylenes is 1. The molecule has 1 amide bonds.